The van der Waals surface area contributed by atoms with E-state index < -0.39 is 0 Å². The van der Waals surface area contributed by atoms with Crippen LogP contribution in [-0.2, 0) is 0 Å². The van der Waals surface area contributed by atoms with Gasteiger partial charge in [0.05, 0.1) is 28.1 Å². The third kappa shape index (κ3) is 5.58. The lowest BCUT2D eigenvalue weighted by Crippen LogP contribution is -2.30. The van der Waals surface area contributed by atoms with Gasteiger partial charge in [0.15, 0.2) is 5.58 Å². The molecule has 0 saturated heterocycles. The fourth-order valence-electron chi connectivity index (χ4n) is 9.15. The number of hydrogen-bond acceptors (Lipinski definition) is 4. The molecule has 0 fully saturated rings. The fraction of sp³-hybridized carbons (Fsp3) is 0.0364. The molecule has 11 aromatic rings. The summed E-state index contributed by atoms with van der Waals surface area (Å²) in [6, 6.07) is 66.4. The largest absolute Gasteiger partial charge is 0.456 e. The Hall–Kier alpha value is -7.89. The molecule has 0 spiro atoms. The minimum atomic E-state index is 0.0822. The third-order valence-corrected chi connectivity index (χ3v) is 12.0. The van der Waals surface area contributed by atoms with Crippen molar-refractivity contribution in [1.29, 1.82) is 0 Å². The normalized spacial score (nSPS) is 14.1. The zero-order valence-electron chi connectivity index (χ0n) is 32.6. The molecule has 12 rings (SSSR count). The number of para-hydroxylation sites is 3. The van der Waals surface area contributed by atoms with Crippen molar-refractivity contribution in [1.82, 2.24) is 9.55 Å². The van der Waals surface area contributed by atoms with Crippen LogP contribution >= 0.6 is 0 Å². The van der Waals surface area contributed by atoms with E-state index in [4.69, 9.17) is 13.8 Å². The second-order valence-corrected chi connectivity index (χ2v) is 15.4. The quantitative estimate of drug-likeness (QED) is 0.162. The summed E-state index contributed by atoms with van der Waals surface area (Å²) in [5.41, 5.74) is 14.6. The molecule has 3 heterocycles. The van der Waals surface area contributed by atoms with Crippen molar-refractivity contribution in [3.8, 4) is 28.3 Å². The lowest BCUT2D eigenvalue weighted by atomic mass is 9.95. The van der Waals surface area contributed by atoms with Gasteiger partial charge in [0.1, 0.15) is 16.7 Å². The number of oxazole rings is 1. The number of anilines is 2. The van der Waals surface area contributed by atoms with E-state index in [1.165, 1.54) is 32.9 Å². The summed E-state index contributed by atoms with van der Waals surface area (Å²) >= 11 is 0. The molecule has 5 nitrogen and oxygen atoms in total. The summed E-state index contributed by atoms with van der Waals surface area (Å²) in [5.74, 6) is 0.604. The Morgan fingerprint density at radius 1 is 0.533 bits per heavy atom. The lowest BCUT2D eigenvalue weighted by Gasteiger charge is -2.34. The second-order valence-electron chi connectivity index (χ2n) is 15.4. The molecule has 60 heavy (non-hydrogen) atoms. The number of fused-ring (bicyclic) bond motifs is 8. The SMILES string of the molecule is C1=CC(N(c2ccc(-c3ccc4c(c3)oc3ccc5oc(-c6ccccc6)nc5c34)cc2)c2cccc3c4ccccc4n(-c4ccccc4)c23)CC=C1c1ccccc1. The molecule has 0 bridgehead atoms. The Morgan fingerprint density at radius 2 is 1.23 bits per heavy atom. The van der Waals surface area contributed by atoms with Crippen LogP contribution < -0.4 is 4.90 Å². The average Bonchev–Trinajstić information content (AvgIpc) is 4.03. The molecule has 0 radical (unpaired) electrons. The van der Waals surface area contributed by atoms with Crippen LogP contribution in [0.5, 0.6) is 0 Å². The van der Waals surface area contributed by atoms with E-state index >= 15 is 0 Å². The van der Waals surface area contributed by atoms with Gasteiger partial charge in [-0.15, -0.1) is 0 Å². The van der Waals surface area contributed by atoms with Crippen molar-refractivity contribution in [2.45, 2.75) is 12.5 Å². The number of hydrogen-bond donors (Lipinski definition) is 0. The molecule has 1 unspecified atom stereocenters. The van der Waals surface area contributed by atoms with Crippen LogP contribution in [0.1, 0.15) is 12.0 Å². The maximum Gasteiger partial charge on any atom is 0.227 e. The highest BCUT2D eigenvalue weighted by Crippen LogP contribution is 2.43. The zero-order valence-corrected chi connectivity index (χ0v) is 32.6. The first-order chi connectivity index (χ1) is 29.7. The molecule has 0 aliphatic heterocycles. The van der Waals surface area contributed by atoms with E-state index in [9.17, 15) is 0 Å². The summed E-state index contributed by atoms with van der Waals surface area (Å²) in [5, 5.41) is 4.45. The lowest BCUT2D eigenvalue weighted by molar-refractivity contribution is 0.619. The highest BCUT2D eigenvalue weighted by atomic mass is 16.4. The van der Waals surface area contributed by atoms with Crippen LogP contribution in [0.25, 0.3) is 88.7 Å². The molecule has 0 N–H and O–H groups in total. The summed E-state index contributed by atoms with van der Waals surface area (Å²) in [7, 11) is 0. The standard InChI is InChI=1S/C55H37N3O2/c1-4-13-36(14-5-1)37-23-28-42(29-24-37)57(48-22-12-20-45-44-19-10-11-21-47(44)58(54(45)48)41-17-8-3-9-18-41)43-30-25-38(26-31-43)40-27-32-46-51(35-40)59-49-33-34-50-53(52(46)49)56-55(60-50)39-15-6-2-7-16-39/h1-28,30-35,42H,29H2. The minimum absolute atomic E-state index is 0.0822. The predicted molar refractivity (Wildman–Crippen MR) is 247 cm³/mol. The Bertz CT molecular complexity index is 3450. The van der Waals surface area contributed by atoms with Crippen LogP contribution in [-0.4, -0.2) is 15.6 Å². The summed E-state index contributed by atoms with van der Waals surface area (Å²) < 4.78 is 15.1. The van der Waals surface area contributed by atoms with Gasteiger partial charge in [0.2, 0.25) is 5.89 Å². The van der Waals surface area contributed by atoms with Crippen molar-refractivity contribution >= 4 is 71.8 Å². The van der Waals surface area contributed by atoms with Crippen molar-refractivity contribution < 1.29 is 8.83 Å². The fourth-order valence-corrected chi connectivity index (χ4v) is 9.15. The minimum Gasteiger partial charge on any atom is -0.456 e. The second kappa shape index (κ2) is 13.9. The van der Waals surface area contributed by atoms with Gasteiger partial charge >= 0.3 is 0 Å². The van der Waals surface area contributed by atoms with Gasteiger partial charge in [-0.1, -0.05) is 133 Å². The van der Waals surface area contributed by atoms with Crippen LogP contribution in [0.3, 0.4) is 0 Å². The third-order valence-electron chi connectivity index (χ3n) is 12.0. The zero-order chi connectivity index (χ0) is 39.6. The van der Waals surface area contributed by atoms with E-state index in [1.54, 1.807) is 0 Å². The maximum absolute atomic E-state index is 6.49. The highest BCUT2D eigenvalue weighted by molar-refractivity contribution is 6.17. The summed E-state index contributed by atoms with van der Waals surface area (Å²) in [4.78, 5) is 7.46. The van der Waals surface area contributed by atoms with Crippen LogP contribution in [0.4, 0.5) is 11.4 Å². The molecule has 5 heteroatoms. The Kier molecular flexibility index (Phi) is 7.91. The Morgan fingerprint density at radius 3 is 2.02 bits per heavy atom. The number of benzene rings is 8. The first-order valence-corrected chi connectivity index (χ1v) is 20.5. The topological polar surface area (TPSA) is 47.3 Å². The molecule has 0 amide bonds. The van der Waals surface area contributed by atoms with Crippen molar-refractivity contribution in [2.24, 2.45) is 0 Å². The monoisotopic (exact) mass is 771 g/mol. The molecule has 284 valence electrons. The van der Waals surface area contributed by atoms with E-state index in [1.807, 2.05) is 42.5 Å². The average molecular weight is 772 g/mol. The van der Waals surface area contributed by atoms with E-state index in [-0.39, 0.29) is 6.04 Å². The molecule has 1 aliphatic rings. The first-order valence-electron chi connectivity index (χ1n) is 20.5. The highest BCUT2D eigenvalue weighted by Gasteiger charge is 2.26. The smallest absolute Gasteiger partial charge is 0.227 e. The Labute approximate surface area is 346 Å². The number of allylic oxidation sites excluding steroid dienone is 2. The van der Waals surface area contributed by atoms with E-state index in [2.05, 4.69) is 173 Å². The van der Waals surface area contributed by atoms with Crippen molar-refractivity contribution in [2.75, 3.05) is 4.90 Å². The molecule has 1 aliphatic carbocycles. The van der Waals surface area contributed by atoms with Crippen LogP contribution in [0.2, 0.25) is 0 Å². The summed E-state index contributed by atoms with van der Waals surface area (Å²) in [6.45, 7) is 0. The van der Waals surface area contributed by atoms with Gasteiger partial charge in [-0.2, -0.15) is 0 Å². The predicted octanol–water partition coefficient (Wildman–Crippen LogP) is 14.7. The molecule has 8 aromatic carbocycles. The number of aromatic nitrogens is 2. The maximum atomic E-state index is 6.49. The van der Waals surface area contributed by atoms with Gasteiger partial charge in [0.25, 0.3) is 0 Å². The molecular formula is C55H37N3O2. The van der Waals surface area contributed by atoms with E-state index in [0.717, 1.165) is 73.2 Å². The number of rotatable bonds is 7. The molecule has 0 saturated carbocycles. The number of nitrogens with zero attached hydrogens (tertiary/aromatic N) is 3. The number of furan rings is 1. The van der Waals surface area contributed by atoms with Gasteiger partial charge in [-0.05, 0) is 101 Å². The Balaban J connectivity index is 0.968. The first kappa shape index (κ1) is 34.2. The summed E-state index contributed by atoms with van der Waals surface area (Å²) in [6.07, 6.45) is 7.90. The van der Waals surface area contributed by atoms with Crippen LogP contribution in [0.15, 0.2) is 215 Å². The van der Waals surface area contributed by atoms with Crippen LogP contribution in [0, 0.1) is 0 Å². The van der Waals surface area contributed by atoms with Crippen molar-refractivity contribution in [3.05, 3.63) is 212 Å². The van der Waals surface area contributed by atoms with Gasteiger partial charge < -0.3 is 18.3 Å². The van der Waals surface area contributed by atoms with Gasteiger partial charge in [0, 0.05) is 33.1 Å². The molecule has 3 aromatic heterocycles. The molecule has 1 atom stereocenters. The molecular weight excluding hydrogens is 735 g/mol. The van der Waals surface area contributed by atoms with Gasteiger partial charge in [-0.25, -0.2) is 4.98 Å². The van der Waals surface area contributed by atoms with Crippen molar-refractivity contribution in [3.63, 3.8) is 0 Å². The van der Waals surface area contributed by atoms with E-state index in [0.29, 0.717) is 5.89 Å². The van der Waals surface area contributed by atoms with Gasteiger partial charge in [-0.3, -0.25) is 0 Å².